The number of benzene rings is 2. The lowest BCUT2D eigenvalue weighted by molar-refractivity contribution is -0.119. The molecule has 0 fully saturated rings. The van der Waals surface area contributed by atoms with Crippen molar-refractivity contribution in [1.82, 2.24) is 5.32 Å². The third-order valence-electron chi connectivity index (χ3n) is 4.11. The van der Waals surface area contributed by atoms with E-state index in [1.807, 2.05) is 19.1 Å². The molecule has 0 aliphatic rings. The van der Waals surface area contributed by atoms with Gasteiger partial charge in [0.05, 0.1) is 28.6 Å². The number of hydrogen-bond donors (Lipinski definition) is 1. The maximum absolute atomic E-state index is 12.3. The highest BCUT2D eigenvalue weighted by atomic mass is 35.5. The standard InChI is InChI=1S/C21H26Cl2N2O4S2/c1-3-11-29-18-7-5-17(6-8-18)25(31(2,27)28)14-21(26)24-10-12-30-15-16-4-9-19(22)20(23)13-16/h4-9,13H,3,10-12,14-15H2,1-2H3,(H,24,26). The third-order valence-corrected chi connectivity index (χ3v) is 7.02. The molecule has 0 aliphatic heterocycles. The Morgan fingerprint density at radius 2 is 1.84 bits per heavy atom. The Morgan fingerprint density at radius 3 is 2.45 bits per heavy atom. The van der Waals surface area contributed by atoms with Gasteiger partial charge in [0, 0.05) is 18.1 Å². The van der Waals surface area contributed by atoms with Crippen molar-refractivity contribution in [2.75, 3.05) is 36.0 Å². The predicted molar refractivity (Wildman–Crippen MR) is 130 cm³/mol. The Kier molecular flexibility index (Phi) is 10.3. The summed E-state index contributed by atoms with van der Waals surface area (Å²) in [4.78, 5) is 12.3. The lowest BCUT2D eigenvalue weighted by Gasteiger charge is -2.22. The molecule has 0 bridgehead atoms. The second-order valence-electron chi connectivity index (χ2n) is 6.76. The number of thioether (sulfide) groups is 1. The first-order valence-electron chi connectivity index (χ1n) is 9.69. The van der Waals surface area contributed by atoms with Crippen molar-refractivity contribution in [2.24, 2.45) is 0 Å². The smallest absolute Gasteiger partial charge is 0.240 e. The summed E-state index contributed by atoms with van der Waals surface area (Å²) >= 11 is 13.5. The predicted octanol–water partition coefficient (Wildman–Crippen LogP) is 4.60. The molecule has 0 unspecified atom stereocenters. The summed E-state index contributed by atoms with van der Waals surface area (Å²) in [5, 5.41) is 3.79. The van der Waals surface area contributed by atoms with Crippen LogP contribution in [0, 0.1) is 0 Å². The lowest BCUT2D eigenvalue weighted by atomic mass is 10.2. The minimum atomic E-state index is -3.62. The minimum absolute atomic E-state index is 0.286. The summed E-state index contributed by atoms with van der Waals surface area (Å²) in [5.41, 5.74) is 1.45. The summed E-state index contributed by atoms with van der Waals surface area (Å²) in [5.74, 6) is 1.69. The molecule has 1 amide bonds. The molecule has 10 heteroatoms. The molecule has 31 heavy (non-hydrogen) atoms. The van der Waals surface area contributed by atoms with E-state index in [0.717, 1.165) is 28.3 Å². The first-order chi connectivity index (χ1) is 14.7. The minimum Gasteiger partial charge on any atom is -0.494 e. The van der Waals surface area contributed by atoms with Crippen LogP contribution in [0.15, 0.2) is 42.5 Å². The molecule has 170 valence electrons. The van der Waals surface area contributed by atoms with Gasteiger partial charge in [-0.05, 0) is 48.4 Å². The molecule has 6 nitrogen and oxygen atoms in total. The van der Waals surface area contributed by atoms with Gasteiger partial charge < -0.3 is 10.1 Å². The second-order valence-corrected chi connectivity index (χ2v) is 10.6. The van der Waals surface area contributed by atoms with Gasteiger partial charge in [-0.3, -0.25) is 9.10 Å². The van der Waals surface area contributed by atoms with E-state index in [-0.39, 0.29) is 12.5 Å². The second kappa shape index (κ2) is 12.4. The van der Waals surface area contributed by atoms with Gasteiger partial charge in [0.25, 0.3) is 0 Å². The fourth-order valence-corrected chi connectivity index (χ4v) is 4.58. The number of anilines is 1. The molecule has 0 aromatic heterocycles. The molecular formula is C21H26Cl2N2O4S2. The fraction of sp³-hybridized carbons (Fsp3) is 0.381. The summed E-state index contributed by atoms with van der Waals surface area (Å²) in [6.07, 6.45) is 1.96. The molecule has 2 aromatic rings. The number of sulfonamides is 1. The number of halogens is 2. The highest BCUT2D eigenvalue weighted by Crippen LogP contribution is 2.24. The van der Waals surface area contributed by atoms with Gasteiger partial charge >= 0.3 is 0 Å². The molecule has 2 aromatic carbocycles. The molecule has 0 aliphatic carbocycles. The van der Waals surface area contributed by atoms with Crippen molar-refractivity contribution in [3.8, 4) is 5.75 Å². The van der Waals surface area contributed by atoms with Crippen LogP contribution in [0.1, 0.15) is 18.9 Å². The van der Waals surface area contributed by atoms with Crippen molar-refractivity contribution < 1.29 is 17.9 Å². The molecule has 1 N–H and O–H groups in total. The molecule has 0 heterocycles. The molecule has 0 atom stereocenters. The molecular weight excluding hydrogens is 479 g/mol. The van der Waals surface area contributed by atoms with Crippen LogP contribution >= 0.6 is 35.0 Å². The number of ether oxygens (including phenoxy) is 1. The highest BCUT2D eigenvalue weighted by molar-refractivity contribution is 7.98. The summed E-state index contributed by atoms with van der Waals surface area (Å²) in [7, 11) is -3.62. The van der Waals surface area contributed by atoms with E-state index in [2.05, 4.69) is 5.32 Å². The lowest BCUT2D eigenvalue weighted by Crippen LogP contribution is -2.41. The highest BCUT2D eigenvalue weighted by Gasteiger charge is 2.20. The Bertz CT molecular complexity index is 970. The van der Waals surface area contributed by atoms with Crippen LogP contribution in [0.4, 0.5) is 5.69 Å². The monoisotopic (exact) mass is 504 g/mol. The summed E-state index contributed by atoms with van der Waals surface area (Å²) in [6.45, 7) is 2.72. The maximum Gasteiger partial charge on any atom is 0.240 e. The van der Waals surface area contributed by atoms with Crippen LogP contribution < -0.4 is 14.4 Å². The Morgan fingerprint density at radius 1 is 1.13 bits per heavy atom. The molecule has 0 saturated heterocycles. The van der Waals surface area contributed by atoms with Crippen LogP contribution in [0.3, 0.4) is 0 Å². The largest absolute Gasteiger partial charge is 0.494 e. The van der Waals surface area contributed by atoms with E-state index in [1.165, 1.54) is 0 Å². The van der Waals surface area contributed by atoms with Gasteiger partial charge in [-0.25, -0.2) is 8.42 Å². The van der Waals surface area contributed by atoms with E-state index in [4.69, 9.17) is 27.9 Å². The number of nitrogens with one attached hydrogen (secondary N) is 1. The zero-order valence-corrected chi connectivity index (χ0v) is 20.6. The van der Waals surface area contributed by atoms with Crippen molar-refractivity contribution in [2.45, 2.75) is 19.1 Å². The zero-order chi connectivity index (χ0) is 22.9. The summed E-state index contributed by atoms with van der Waals surface area (Å²) in [6, 6.07) is 12.1. The van der Waals surface area contributed by atoms with Crippen LogP contribution in [-0.4, -0.2) is 46.0 Å². The van der Waals surface area contributed by atoms with E-state index in [9.17, 15) is 13.2 Å². The topological polar surface area (TPSA) is 75.7 Å². The number of rotatable bonds is 12. The maximum atomic E-state index is 12.3. The number of carbonyl (C=O) groups is 1. The third kappa shape index (κ3) is 8.80. The first kappa shape index (κ1) is 25.6. The summed E-state index contributed by atoms with van der Waals surface area (Å²) < 4.78 is 31.0. The Hall–Kier alpha value is -1.61. The van der Waals surface area contributed by atoms with Gasteiger partial charge in [-0.1, -0.05) is 36.2 Å². The van der Waals surface area contributed by atoms with E-state index < -0.39 is 10.0 Å². The van der Waals surface area contributed by atoms with E-state index in [1.54, 1.807) is 42.1 Å². The number of carbonyl (C=O) groups excluding carboxylic acids is 1. The normalized spacial score (nSPS) is 11.2. The van der Waals surface area contributed by atoms with Gasteiger partial charge in [0.15, 0.2) is 0 Å². The number of nitrogens with zero attached hydrogens (tertiary/aromatic N) is 1. The van der Waals surface area contributed by atoms with E-state index >= 15 is 0 Å². The van der Waals surface area contributed by atoms with Crippen molar-refractivity contribution >= 4 is 56.6 Å². The first-order valence-corrected chi connectivity index (χ1v) is 13.5. The fourth-order valence-electron chi connectivity index (χ4n) is 2.60. The molecule has 2 rings (SSSR count). The van der Waals surface area contributed by atoms with Crippen molar-refractivity contribution in [3.63, 3.8) is 0 Å². The van der Waals surface area contributed by atoms with Gasteiger partial charge in [0.1, 0.15) is 12.3 Å². The van der Waals surface area contributed by atoms with Gasteiger partial charge in [-0.2, -0.15) is 11.8 Å². The molecule has 0 radical (unpaired) electrons. The quantitative estimate of drug-likeness (QED) is 0.427. The average molecular weight is 505 g/mol. The van der Waals surface area contributed by atoms with Crippen LogP contribution in [0.5, 0.6) is 5.75 Å². The Balaban J connectivity index is 1.83. The van der Waals surface area contributed by atoms with Crippen molar-refractivity contribution in [1.29, 1.82) is 0 Å². The number of amides is 1. The Labute approximate surface area is 198 Å². The van der Waals surface area contributed by atoms with Crippen molar-refractivity contribution in [3.05, 3.63) is 58.1 Å². The van der Waals surface area contributed by atoms with Crippen LogP contribution in [0.25, 0.3) is 0 Å². The zero-order valence-electron chi connectivity index (χ0n) is 17.4. The van der Waals surface area contributed by atoms with Gasteiger partial charge in [-0.15, -0.1) is 0 Å². The van der Waals surface area contributed by atoms with Crippen LogP contribution in [0.2, 0.25) is 10.0 Å². The average Bonchev–Trinajstić information content (AvgIpc) is 2.72. The molecule has 0 spiro atoms. The SMILES string of the molecule is CCCOc1ccc(N(CC(=O)NCCSCc2ccc(Cl)c(Cl)c2)S(C)(=O)=O)cc1. The van der Waals surface area contributed by atoms with Crippen LogP contribution in [-0.2, 0) is 20.6 Å². The molecule has 0 saturated carbocycles. The number of hydrogen-bond acceptors (Lipinski definition) is 5. The van der Waals surface area contributed by atoms with Gasteiger partial charge in [0.2, 0.25) is 15.9 Å². The van der Waals surface area contributed by atoms with E-state index in [0.29, 0.717) is 40.4 Å².